The Balaban J connectivity index is 1.47. The first-order valence-electron chi connectivity index (χ1n) is 13.3. The van der Waals surface area contributed by atoms with Crippen LogP contribution in [0.4, 0.5) is 18.9 Å². The predicted molar refractivity (Wildman–Crippen MR) is 163 cm³/mol. The molecule has 0 fully saturated rings. The van der Waals surface area contributed by atoms with E-state index in [9.17, 15) is 36.6 Å². The maximum absolute atomic E-state index is 12.7. The Morgan fingerprint density at radius 1 is 1.05 bits per heavy atom. The number of aliphatic hydroxyl groups excluding tert-OH is 1. The highest BCUT2D eigenvalue weighted by molar-refractivity contribution is 9.10. The lowest BCUT2D eigenvalue weighted by molar-refractivity contribution is -0.106. The summed E-state index contributed by atoms with van der Waals surface area (Å²) in [5.74, 6) is -3.09. The van der Waals surface area contributed by atoms with Crippen molar-refractivity contribution in [3.63, 3.8) is 0 Å². The van der Waals surface area contributed by atoms with Crippen molar-refractivity contribution in [1.29, 1.82) is 0 Å². The molecule has 0 radical (unpaired) electrons. The molecule has 0 amide bonds. The topological polar surface area (TPSA) is 112 Å². The van der Waals surface area contributed by atoms with Crippen LogP contribution in [0.25, 0.3) is 10.9 Å². The monoisotopic (exact) mass is 681 g/mol. The number of carbonyl (C=O) groups is 1. The number of sulfonamides is 1. The van der Waals surface area contributed by atoms with Crippen molar-refractivity contribution in [2.24, 2.45) is 0 Å². The second-order valence-corrected chi connectivity index (χ2v) is 13.3. The van der Waals surface area contributed by atoms with Crippen LogP contribution in [0.15, 0.2) is 77.3 Å². The van der Waals surface area contributed by atoms with Gasteiger partial charge in [0.1, 0.15) is 5.69 Å². The fraction of sp³-hybridized carbons (Fsp3) is 0.300. The van der Waals surface area contributed by atoms with Crippen LogP contribution in [0.2, 0.25) is 0 Å². The van der Waals surface area contributed by atoms with E-state index in [0.29, 0.717) is 28.4 Å². The molecule has 0 aliphatic heterocycles. The first kappa shape index (κ1) is 32.5. The average Bonchev–Trinajstić information content (AvgIpc) is 3.28. The molecule has 1 heterocycles. The molecule has 4 rings (SSSR count). The van der Waals surface area contributed by atoms with Crippen molar-refractivity contribution in [2.75, 3.05) is 23.7 Å². The van der Waals surface area contributed by atoms with E-state index in [4.69, 9.17) is 0 Å². The Morgan fingerprint density at radius 3 is 2.35 bits per heavy atom. The number of hydrogen-bond acceptors (Lipinski definition) is 5. The smallest absolute Gasteiger partial charge is 0.404 e. The molecule has 0 spiro atoms. The number of hydrogen-bond donors (Lipinski definition) is 3. The van der Waals surface area contributed by atoms with Crippen LogP contribution in [0, 0.1) is 0 Å². The minimum Gasteiger partial charge on any atom is -0.477 e. The Labute approximate surface area is 255 Å². The molecule has 43 heavy (non-hydrogen) atoms. The molecule has 0 aliphatic carbocycles. The van der Waals surface area contributed by atoms with Gasteiger partial charge in [-0.25, -0.2) is 13.2 Å². The summed E-state index contributed by atoms with van der Waals surface area (Å²) >= 11 is 3.41. The second-order valence-electron chi connectivity index (χ2n) is 10.4. The zero-order chi connectivity index (χ0) is 31.5. The van der Waals surface area contributed by atoms with Gasteiger partial charge in [0, 0.05) is 41.6 Å². The maximum atomic E-state index is 12.7. The lowest BCUT2D eigenvalue weighted by Crippen LogP contribution is -2.35. The summed E-state index contributed by atoms with van der Waals surface area (Å²) in [7, 11) is -3.56. The van der Waals surface area contributed by atoms with Crippen molar-refractivity contribution in [1.82, 2.24) is 9.88 Å². The highest BCUT2D eigenvalue weighted by atomic mass is 79.9. The third-order valence-electron chi connectivity index (χ3n) is 7.02. The largest absolute Gasteiger partial charge is 0.477 e. The summed E-state index contributed by atoms with van der Waals surface area (Å²) < 4.78 is 65.3. The van der Waals surface area contributed by atoms with Gasteiger partial charge in [-0.2, -0.15) is 13.2 Å². The third-order valence-corrected chi connectivity index (χ3v) is 9.25. The maximum Gasteiger partial charge on any atom is 0.404 e. The number of halogens is 4. The highest BCUT2D eigenvalue weighted by Crippen LogP contribution is 2.26. The minimum absolute atomic E-state index is 0.0249. The fourth-order valence-corrected chi connectivity index (χ4v) is 6.29. The van der Waals surface area contributed by atoms with Crippen LogP contribution in [-0.2, 0) is 23.0 Å². The Morgan fingerprint density at radius 2 is 1.72 bits per heavy atom. The summed E-state index contributed by atoms with van der Waals surface area (Å²) in [6.07, 6.45) is -4.90. The molecule has 8 nitrogen and oxygen atoms in total. The summed E-state index contributed by atoms with van der Waals surface area (Å²) in [4.78, 5) is 12.1. The lowest BCUT2D eigenvalue weighted by atomic mass is 10.0. The number of alkyl halides is 3. The van der Waals surface area contributed by atoms with Gasteiger partial charge in [-0.3, -0.25) is 4.31 Å². The van der Waals surface area contributed by atoms with Gasteiger partial charge in [0.15, 0.2) is 5.75 Å². The summed E-state index contributed by atoms with van der Waals surface area (Å²) in [6, 6.07) is 20.6. The standard InChI is InChI=1S/C30H31BrF3N3O5S/c1-19(35-16-28(38)22-4-3-5-24(31)14-22)12-21-8-11-26-23(13-21)15-27(29(39)40)37(26)17-20-6-9-25(10-7-20)36(2)43(41,42)18-30(32,33)34/h3-11,13-15,19,28,35,38H,12,16-18H2,1-2H3,(H,39,40). The van der Waals surface area contributed by atoms with Crippen molar-refractivity contribution in [3.05, 3.63) is 99.7 Å². The summed E-state index contributed by atoms with van der Waals surface area (Å²) in [5, 5.41) is 24.4. The van der Waals surface area contributed by atoms with Crippen LogP contribution in [0.5, 0.6) is 0 Å². The van der Waals surface area contributed by atoms with Gasteiger partial charge in [-0.15, -0.1) is 0 Å². The summed E-state index contributed by atoms with van der Waals surface area (Å²) in [5.41, 5.74) is 3.21. The van der Waals surface area contributed by atoms with Crippen molar-refractivity contribution < 1.29 is 36.6 Å². The number of nitrogens with one attached hydrogen (secondary N) is 1. The van der Waals surface area contributed by atoms with Gasteiger partial charge < -0.3 is 20.1 Å². The van der Waals surface area contributed by atoms with Crippen molar-refractivity contribution >= 4 is 48.5 Å². The molecule has 3 N–H and O–H groups in total. The lowest BCUT2D eigenvalue weighted by Gasteiger charge is -2.20. The zero-order valence-electron chi connectivity index (χ0n) is 23.3. The molecule has 0 bridgehead atoms. The number of anilines is 1. The normalized spacial score (nSPS) is 13.7. The van der Waals surface area contributed by atoms with Crippen LogP contribution >= 0.6 is 15.9 Å². The number of aliphatic hydroxyl groups is 1. The molecule has 4 aromatic rings. The van der Waals surface area contributed by atoms with Crippen LogP contribution in [0.1, 0.15) is 40.2 Å². The SMILES string of the molecule is CC(Cc1ccc2c(c1)cc(C(=O)O)n2Cc1ccc(N(C)S(=O)(=O)CC(F)(F)F)cc1)NCC(O)c1cccc(Br)c1. The second kappa shape index (κ2) is 13.1. The number of nitrogens with zero attached hydrogens (tertiary/aromatic N) is 2. The quantitative estimate of drug-likeness (QED) is 0.176. The summed E-state index contributed by atoms with van der Waals surface area (Å²) in [6.45, 7) is 2.51. The van der Waals surface area contributed by atoms with Gasteiger partial charge in [-0.05, 0) is 72.5 Å². The zero-order valence-corrected chi connectivity index (χ0v) is 25.7. The number of fused-ring (bicyclic) bond motifs is 1. The van der Waals surface area contributed by atoms with E-state index < -0.39 is 34.0 Å². The number of rotatable bonds is 12. The molecular weight excluding hydrogens is 651 g/mol. The Kier molecular flexibility index (Phi) is 9.90. The number of carboxylic acid groups (broad SMARTS) is 1. The molecule has 1 aromatic heterocycles. The van der Waals surface area contributed by atoms with Gasteiger partial charge >= 0.3 is 12.1 Å². The molecule has 2 atom stereocenters. The average molecular weight is 683 g/mol. The van der Waals surface area contributed by atoms with E-state index in [1.807, 2.05) is 49.4 Å². The highest BCUT2D eigenvalue weighted by Gasteiger charge is 2.37. The Hall–Kier alpha value is -3.39. The van der Waals surface area contributed by atoms with E-state index >= 15 is 0 Å². The molecule has 13 heteroatoms. The van der Waals surface area contributed by atoms with Gasteiger partial charge in [-0.1, -0.05) is 46.3 Å². The van der Waals surface area contributed by atoms with Gasteiger partial charge in [0.2, 0.25) is 10.0 Å². The van der Waals surface area contributed by atoms with Gasteiger partial charge in [0.25, 0.3) is 0 Å². The number of carboxylic acids is 1. The van der Waals surface area contributed by atoms with E-state index in [0.717, 1.165) is 28.0 Å². The van der Waals surface area contributed by atoms with Crippen LogP contribution < -0.4 is 9.62 Å². The molecule has 0 aliphatic rings. The molecule has 2 unspecified atom stereocenters. The molecule has 0 saturated heterocycles. The van der Waals surface area contributed by atoms with E-state index in [1.54, 1.807) is 22.8 Å². The molecular formula is C30H31BrF3N3O5S. The van der Waals surface area contributed by atoms with E-state index in [1.165, 1.54) is 12.1 Å². The molecule has 3 aromatic carbocycles. The first-order chi connectivity index (χ1) is 20.1. The van der Waals surface area contributed by atoms with Crippen molar-refractivity contribution in [3.8, 4) is 0 Å². The minimum atomic E-state index is -4.87. The first-order valence-corrected chi connectivity index (χ1v) is 15.7. The van der Waals surface area contributed by atoms with E-state index in [-0.39, 0.29) is 24.0 Å². The molecule has 0 saturated carbocycles. The van der Waals surface area contributed by atoms with Crippen LogP contribution in [-0.4, -0.2) is 60.7 Å². The number of aromatic carboxylic acids is 1. The van der Waals surface area contributed by atoms with Crippen molar-refractivity contribution in [2.45, 2.75) is 38.2 Å². The predicted octanol–water partition coefficient (Wildman–Crippen LogP) is 5.73. The number of aromatic nitrogens is 1. The van der Waals surface area contributed by atoms with Gasteiger partial charge in [0.05, 0.1) is 11.8 Å². The van der Waals surface area contributed by atoms with E-state index in [2.05, 4.69) is 21.2 Å². The number of benzene rings is 3. The Bertz CT molecular complexity index is 1710. The molecule has 230 valence electrons. The van der Waals surface area contributed by atoms with Crippen LogP contribution in [0.3, 0.4) is 0 Å². The fourth-order valence-electron chi connectivity index (χ4n) is 4.82. The third kappa shape index (κ3) is 8.37.